The Morgan fingerprint density at radius 3 is 2.81 bits per heavy atom. The third-order valence-corrected chi connectivity index (χ3v) is 3.17. The van der Waals surface area contributed by atoms with Crippen LogP contribution in [0.1, 0.15) is 12.0 Å². The Balaban J connectivity index is 1.99. The Bertz CT molecular complexity index is 384. The van der Waals surface area contributed by atoms with E-state index in [1.165, 1.54) is 6.07 Å². The van der Waals surface area contributed by atoms with Gasteiger partial charge in [0.2, 0.25) is 0 Å². The van der Waals surface area contributed by atoms with Gasteiger partial charge in [-0.25, -0.2) is 4.39 Å². The van der Waals surface area contributed by atoms with Crippen LogP contribution in [0, 0.1) is 11.7 Å². The van der Waals surface area contributed by atoms with E-state index in [0.29, 0.717) is 22.9 Å². The first-order chi connectivity index (χ1) is 7.66. The Morgan fingerprint density at radius 2 is 2.25 bits per heavy atom. The molecule has 1 aromatic carbocycles. The molecule has 0 atom stereocenters. The molecule has 16 heavy (non-hydrogen) atoms. The van der Waals surface area contributed by atoms with Crippen molar-refractivity contribution in [1.82, 2.24) is 5.32 Å². The van der Waals surface area contributed by atoms with Gasteiger partial charge < -0.3 is 5.32 Å². The van der Waals surface area contributed by atoms with Gasteiger partial charge in [-0.05, 0) is 31.1 Å². The molecule has 1 aliphatic heterocycles. The Kier molecular flexibility index (Phi) is 3.56. The molecule has 2 nitrogen and oxygen atoms in total. The van der Waals surface area contributed by atoms with Crippen molar-refractivity contribution in [2.45, 2.75) is 12.8 Å². The maximum absolute atomic E-state index is 13.4. The normalized spacial score (nSPS) is 15.9. The second kappa shape index (κ2) is 4.93. The van der Waals surface area contributed by atoms with Crippen LogP contribution in [0.5, 0.6) is 0 Å². The van der Waals surface area contributed by atoms with E-state index < -0.39 is 5.82 Å². The minimum Gasteiger partial charge on any atom is -0.316 e. The van der Waals surface area contributed by atoms with Gasteiger partial charge in [-0.2, -0.15) is 0 Å². The summed E-state index contributed by atoms with van der Waals surface area (Å²) in [5.41, 5.74) is 0.321. The van der Waals surface area contributed by atoms with Gasteiger partial charge >= 0.3 is 0 Å². The summed E-state index contributed by atoms with van der Waals surface area (Å²) in [5, 5.41) is 3.43. The molecule has 0 radical (unpaired) electrons. The summed E-state index contributed by atoms with van der Waals surface area (Å²) >= 11 is 5.85. The number of carbonyl (C=O) groups excluding carboxylic acids is 1. The van der Waals surface area contributed by atoms with E-state index in [2.05, 4.69) is 5.32 Å². The number of benzene rings is 1. The average Bonchev–Trinajstić information content (AvgIpc) is 2.18. The smallest absolute Gasteiger partial charge is 0.137 e. The van der Waals surface area contributed by atoms with Crippen LogP contribution in [-0.4, -0.2) is 18.9 Å². The minimum atomic E-state index is -0.396. The van der Waals surface area contributed by atoms with Crippen LogP contribution < -0.4 is 5.32 Å². The highest BCUT2D eigenvalue weighted by Crippen LogP contribution is 2.21. The standard InChI is InChI=1S/C12H13ClFNO/c13-11-2-1-3-12(14)10(11)5-9(16)4-8-6-15-7-8/h1-3,8,15H,4-7H2. The monoisotopic (exact) mass is 241 g/mol. The first kappa shape index (κ1) is 11.6. The molecule has 1 heterocycles. The lowest BCUT2D eigenvalue weighted by Gasteiger charge is -2.26. The number of carbonyl (C=O) groups is 1. The largest absolute Gasteiger partial charge is 0.316 e. The fourth-order valence-corrected chi connectivity index (χ4v) is 2.02. The van der Waals surface area contributed by atoms with Crippen molar-refractivity contribution in [3.05, 3.63) is 34.6 Å². The van der Waals surface area contributed by atoms with Crippen LogP contribution in [0.4, 0.5) is 4.39 Å². The van der Waals surface area contributed by atoms with Crippen molar-refractivity contribution in [1.29, 1.82) is 0 Å². The molecule has 2 rings (SSSR count). The topological polar surface area (TPSA) is 29.1 Å². The maximum Gasteiger partial charge on any atom is 0.137 e. The van der Waals surface area contributed by atoms with Crippen LogP contribution in [0.25, 0.3) is 0 Å². The minimum absolute atomic E-state index is 0.0542. The van der Waals surface area contributed by atoms with E-state index >= 15 is 0 Å². The molecule has 0 aromatic heterocycles. The molecule has 0 unspecified atom stereocenters. The number of hydrogen-bond acceptors (Lipinski definition) is 2. The molecule has 4 heteroatoms. The second-order valence-electron chi connectivity index (χ2n) is 4.14. The molecule has 0 amide bonds. The first-order valence-corrected chi connectivity index (χ1v) is 5.70. The SMILES string of the molecule is O=C(Cc1c(F)cccc1Cl)CC1CNC1. The van der Waals surface area contributed by atoms with Gasteiger partial charge in [-0.15, -0.1) is 0 Å². The van der Waals surface area contributed by atoms with Crippen molar-refractivity contribution in [3.8, 4) is 0 Å². The van der Waals surface area contributed by atoms with E-state index in [-0.39, 0.29) is 12.2 Å². The molecule has 0 spiro atoms. The van der Waals surface area contributed by atoms with Gasteiger partial charge in [0.1, 0.15) is 11.6 Å². The summed E-state index contributed by atoms with van der Waals surface area (Å²) in [4.78, 5) is 11.7. The Morgan fingerprint density at radius 1 is 1.50 bits per heavy atom. The third-order valence-electron chi connectivity index (χ3n) is 2.82. The summed E-state index contributed by atoms with van der Waals surface area (Å²) in [5.74, 6) is 0.0733. The quantitative estimate of drug-likeness (QED) is 0.876. The van der Waals surface area contributed by atoms with E-state index in [9.17, 15) is 9.18 Å². The summed E-state index contributed by atoms with van der Waals surface area (Å²) in [6.07, 6.45) is 0.611. The summed E-state index contributed by atoms with van der Waals surface area (Å²) in [6, 6.07) is 4.49. The number of hydrogen-bond donors (Lipinski definition) is 1. The Labute approximate surface area is 98.8 Å². The van der Waals surface area contributed by atoms with E-state index in [4.69, 9.17) is 11.6 Å². The average molecular weight is 242 g/mol. The van der Waals surface area contributed by atoms with Crippen molar-refractivity contribution in [2.75, 3.05) is 13.1 Å². The molecule has 1 fully saturated rings. The highest BCUT2D eigenvalue weighted by atomic mass is 35.5. The van der Waals surface area contributed by atoms with Crippen molar-refractivity contribution in [2.24, 2.45) is 5.92 Å². The van der Waals surface area contributed by atoms with Gasteiger partial charge in [0.25, 0.3) is 0 Å². The molecule has 86 valence electrons. The van der Waals surface area contributed by atoms with Gasteiger partial charge in [-0.3, -0.25) is 4.79 Å². The number of rotatable bonds is 4. The van der Waals surface area contributed by atoms with Gasteiger partial charge in [0, 0.05) is 23.4 Å². The molecular formula is C12H13ClFNO. The van der Waals surface area contributed by atoms with Crippen LogP contribution in [0.3, 0.4) is 0 Å². The van der Waals surface area contributed by atoms with Gasteiger partial charge in [-0.1, -0.05) is 17.7 Å². The van der Waals surface area contributed by atoms with Crippen molar-refractivity contribution < 1.29 is 9.18 Å². The van der Waals surface area contributed by atoms with Crippen LogP contribution in [0.2, 0.25) is 5.02 Å². The number of nitrogens with one attached hydrogen (secondary N) is 1. The molecule has 0 bridgehead atoms. The highest BCUT2D eigenvalue weighted by molar-refractivity contribution is 6.31. The lowest BCUT2D eigenvalue weighted by molar-refractivity contribution is -0.119. The molecule has 1 saturated heterocycles. The zero-order valence-electron chi connectivity index (χ0n) is 8.80. The lowest BCUT2D eigenvalue weighted by Crippen LogP contribution is -2.43. The van der Waals surface area contributed by atoms with Crippen LogP contribution in [0.15, 0.2) is 18.2 Å². The number of Topliss-reactive ketones (excluding diaryl/α,β-unsaturated/α-hetero) is 1. The van der Waals surface area contributed by atoms with Crippen LogP contribution >= 0.6 is 11.6 Å². The summed E-state index contributed by atoms with van der Waals surface area (Å²) in [6.45, 7) is 1.77. The fraction of sp³-hybridized carbons (Fsp3) is 0.417. The second-order valence-corrected chi connectivity index (χ2v) is 4.55. The number of halogens is 2. The third kappa shape index (κ3) is 2.60. The summed E-state index contributed by atoms with van der Waals surface area (Å²) < 4.78 is 13.4. The van der Waals surface area contributed by atoms with Gasteiger partial charge in [0.05, 0.1) is 0 Å². The predicted molar refractivity (Wildman–Crippen MR) is 61.1 cm³/mol. The molecule has 1 aromatic rings. The highest BCUT2D eigenvalue weighted by Gasteiger charge is 2.21. The van der Waals surface area contributed by atoms with Gasteiger partial charge in [0.15, 0.2) is 0 Å². The van der Waals surface area contributed by atoms with Crippen molar-refractivity contribution in [3.63, 3.8) is 0 Å². The zero-order valence-corrected chi connectivity index (χ0v) is 9.56. The number of ketones is 1. The lowest BCUT2D eigenvalue weighted by atomic mass is 9.94. The molecule has 0 aliphatic carbocycles. The zero-order chi connectivity index (χ0) is 11.5. The maximum atomic E-state index is 13.4. The molecule has 0 saturated carbocycles. The molecular weight excluding hydrogens is 229 g/mol. The van der Waals surface area contributed by atoms with E-state index in [1.807, 2.05) is 0 Å². The van der Waals surface area contributed by atoms with Crippen molar-refractivity contribution >= 4 is 17.4 Å². The molecule has 1 aliphatic rings. The summed E-state index contributed by atoms with van der Waals surface area (Å²) in [7, 11) is 0. The first-order valence-electron chi connectivity index (χ1n) is 5.32. The van der Waals surface area contributed by atoms with Crippen LogP contribution in [-0.2, 0) is 11.2 Å². The predicted octanol–water partition coefficient (Wildman–Crippen LogP) is 2.20. The van der Waals surface area contributed by atoms with E-state index in [0.717, 1.165) is 13.1 Å². The van der Waals surface area contributed by atoms with E-state index in [1.54, 1.807) is 12.1 Å². The fourth-order valence-electron chi connectivity index (χ4n) is 1.79. The molecule has 1 N–H and O–H groups in total. The Hall–Kier alpha value is -0.930.